The molecule has 1 N–H and O–H groups in total. The number of benzene rings is 2. The van der Waals surface area contributed by atoms with E-state index in [0.717, 1.165) is 29.1 Å². The van der Waals surface area contributed by atoms with Crippen molar-refractivity contribution >= 4 is 5.97 Å². The molecule has 1 aromatic heterocycles. The van der Waals surface area contributed by atoms with Crippen LogP contribution in [0.1, 0.15) is 24.2 Å². The highest BCUT2D eigenvalue weighted by Crippen LogP contribution is 2.39. The lowest BCUT2D eigenvalue weighted by Gasteiger charge is -2.14. The van der Waals surface area contributed by atoms with Crippen LogP contribution in [-0.2, 0) is 6.54 Å². The van der Waals surface area contributed by atoms with Gasteiger partial charge in [-0.15, -0.1) is 0 Å². The maximum Gasteiger partial charge on any atom is 0.335 e. The van der Waals surface area contributed by atoms with Gasteiger partial charge >= 0.3 is 5.97 Å². The zero-order chi connectivity index (χ0) is 20.3. The number of ether oxygens (including phenoxy) is 2. The smallest absolute Gasteiger partial charge is 0.335 e. The second-order valence-corrected chi connectivity index (χ2v) is 6.91. The molecule has 0 radical (unpaired) electrons. The summed E-state index contributed by atoms with van der Waals surface area (Å²) in [6, 6.07) is 14.5. The van der Waals surface area contributed by atoms with Crippen molar-refractivity contribution in [2.45, 2.75) is 20.4 Å². The highest BCUT2D eigenvalue weighted by molar-refractivity contribution is 5.88. The zero-order valence-corrected chi connectivity index (χ0v) is 16.5. The summed E-state index contributed by atoms with van der Waals surface area (Å²) in [5.74, 6) is 0.767. The first-order chi connectivity index (χ1) is 13.4. The Hall–Kier alpha value is -3.28. The summed E-state index contributed by atoms with van der Waals surface area (Å²) in [5.41, 5.74) is 3.69. The van der Waals surface area contributed by atoms with Gasteiger partial charge in [0.15, 0.2) is 11.5 Å². The van der Waals surface area contributed by atoms with Gasteiger partial charge in [0.1, 0.15) is 0 Å². The summed E-state index contributed by atoms with van der Waals surface area (Å²) in [6.07, 6.45) is 0. The molecule has 6 heteroatoms. The van der Waals surface area contributed by atoms with Gasteiger partial charge in [-0.3, -0.25) is 4.68 Å². The van der Waals surface area contributed by atoms with E-state index in [0.29, 0.717) is 17.4 Å². The maximum absolute atomic E-state index is 11.1. The lowest BCUT2D eigenvalue weighted by atomic mass is 10.1. The van der Waals surface area contributed by atoms with E-state index >= 15 is 0 Å². The Morgan fingerprint density at radius 2 is 1.82 bits per heavy atom. The molecule has 0 aliphatic carbocycles. The third-order valence-corrected chi connectivity index (χ3v) is 4.42. The van der Waals surface area contributed by atoms with Crippen LogP contribution in [0, 0.1) is 5.92 Å². The molecule has 0 saturated carbocycles. The number of aromatic nitrogens is 2. The minimum Gasteiger partial charge on any atom is -0.493 e. The monoisotopic (exact) mass is 380 g/mol. The van der Waals surface area contributed by atoms with Gasteiger partial charge in [-0.25, -0.2) is 4.79 Å². The number of hydrogen-bond acceptors (Lipinski definition) is 4. The van der Waals surface area contributed by atoms with Crippen LogP contribution in [0.15, 0.2) is 48.5 Å². The molecule has 0 atom stereocenters. The van der Waals surface area contributed by atoms with Crippen molar-refractivity contribution in [1.82, 2.24) is 9.78 Å². The molecule has 0 aliphatic heterocycles. The van der Waals surface area contributed by atoms with Crippen molar-refractivity contribution in [3.8, 4) is 34.0 Å². The van der Waals surface area contributed by atoms with E-state index in [1.165, 1.54) is 0 Å². The van der Waals surface area contributed by atoms with Gasteiger partial charge < -0.3 is 14.6 Å². The van der Waals surface area contributed by atoms with Crippen LogP contribution in [-0.4, -0.2) is 35.1 Å². The van der Waals surface area contributed by atoms with Crippen LogP contribution in [0.5, 0.6) is 11.5 Å². The molecule has 0 aliphatic rings. The van der Waals surface area contributed by atoms with Crippen molar-refractivity contribution in [2.24, 2.45) is 5.92 Å². The number of aromatic carboxylic acids is 1. The van der Waals surface area contributed by atoms with E-state index in [2.05, 4.69) is 13.8 Å². The molecule has 0 unspecified atom stereocenters. The number of carboxylic acid groups (broad SMARTS) is 1. The largest absolute Gasteiger partial charge is 0.493 e. The minimum atomic E-state index is -0.946. The number of carboxylic acids is 1. The molecule has 3 aromatic rings. The quantitative estimate of drug-likeness (QED) is 0.649. The summed E-state index contributed by atoms with van der Waals surface area (Å²) in [5, 5.41) is 13.9. The van der Waals surface area contributed by atoms with Gasteiger partial charge in [0.2, 0.25) is 0 Å². The highest BCUT2D eigenvalue weighted by atomic mass is 16.5. The third-order valence-electron chi connectivity index (χ3n) is 4.42. The topological polar surface area (TPSA) is 73.6 Å². The number of methoxy groups -OCH3 is 2. The average molecular weight is 380 g/mol. The van der Waals surface area contributed by atoms with Crippen molar-refractivity contribution in [3.63, 3.8) is 0 Å². The van der Waals surface area contributed by atoms with Crippen LogP contribution < -0.4 is 9.47 Å². The SMILES string of the molecule is COc1cccc(-c2cc(-c3ccc(C(=O)O)cc3)nn2CC(C)C)c1OC. The minimum absolute atomic E-state index is 0.250. The van der Waals surface area contributed by atoms with Gasteiger partial charge in [0.05, 0.1) is 31.2 Å². The summed E-state index contributed by atoms with van der Waals surface area (Å²) in [4.78, 5) is 11.1. The first kappa shape index (κ1) is 19.5. The van der Waals surface area contributed by atoms with Crippen LogP contribution in [0.4, 0.5) is 0 Å². The van der Waals surface area contributed by atoms with Crippen LogP contribution in [0.25, 0.3) is 22.5 Å². The molecule has 28 heavy (non-hydrogen) atoms. The first-order valence-corrected chi connectivity index (χ1v) is 9.07. The molecule has 6 nitrogen and oxygen atoms in total. The fraction of sp³-hybridized carbons (Fsp3) is 0.273. The summed E-state index contributed by atoms with van der Waals surface area (Å²) in [7, 11) is 3.23. The number of rotatable bonds is 7. The number of para-hydroxylation sites is 1. The van der Waals surface area contributed by atoms with E-state index in [4.69, 9.17) is 19.7 Å². The van der Waals surface area contributed by atoms with E-state index in [9.17, 15) is 4.79 Å². The van der Waals surface area contributed by atoms with Crippen LogP contribution in [0.3, 0.4) is 0 Å². The molecule has 0 saturated heterocycles. The molecule has 3 rings (SSSR count). The fourth-order valence-electron chi connectivity index (χ4n) is 3.13. The molecule has 0 amide bonds. The van der Waals surface area contributed by atoms with Gasteiger partial charge in [0.25, 0.3) is 0 Å². The Labute approximate surface area is 164 Å². The fourth-order valence-corrected chi connectivity index (χ4v) is 3.13. The second kappa shape index (κ2) is 8.17. The van der Waals surface area contributed by atoms with Crippen LogP contribution in [0.2, 0.25) is 0 Å². The van der Waals surface area contributed by atoms with Gasteiger partial charge in [-0.1, -0.05) is 32.0 Å². The van der Waals surface area contributed by atoms with Gasteiger partial charge in [-0.2, -0.15) is 5.10 Å². The second-order valence-electron chi connectivity index (χ2n) is 6.91. The standard InChI is InChI=1S/C22H24N2O4/c1-14(2)13-24-19(17-6-5-7-20(27-3)21(17)28-4)12-18(23-24)15-8-10-16(11-9-15)22(25)26/h5-12,14H,13H2,1-4H3,(H,25,26). The summed E-state index contributed by atoms with van der Waals surface area (Å²) < 4.78 is 13.0. The Bertz CT molecular complexity index is 975. The van der Waals surface area contributed by atoms with Crippen molar-refractivity contribution in [3.05, 3.63) is 54.1 Å². The Kier molecular flexibility index (Phi) is 5.68. The number of nitrogens with zero attached hydrogens (tertiary/aromatic N) is 2. The molecular weight excluding hydrogens is 356 g/mol. The molecule has 146 valence electrons. The highest BCUT2D eigenvalue weighted by Gasteiger charge is 2.18. The third kappa shape index (κ3) is 3.86. The molecule has 0 spiro atoms. The predicted octanol–water partition coefficient (Wildman–Crippen LogP) is 4.59. The Balaban J connectivity index is 2.12. The normalized spacial score (nSPS) is 10.9. The number of carbonyl (C=O) groups is 1. The zero-order valence-electron chi connectivity index (χ0n) is 16.5. The Morgan fingerprint density at radius 1 is 1.11 bits per heavy atom. The molecule has 0 bridgehead atoms. The van der Waals surface area contributed by atoms with E-state index < -0.39 is 5.97 Å². The van der Waals surface area contributed by atoms with E-state index in [1.54, 1.807) is 38.5 Å². The van der Waals surface area contributed by atoms with Gasteiger partial charge in [-0.05, 0) is 36.2 Å². The lowest BCUT2D eigenvalue weighted by Crippen LogP contribution is -2.08. The molecular formula is C22H24N2O4. The summed E-state index contributed by atoms with van der Waals surface area (Å²) >= 11 is 0. The molecule has 2 aromatic carbocycles. The Morgan fingerprint density at radius 3 is 2.39 bits per heavy atom. The molecule has 1 heterocycles. The lowest BCUT2D eigenvalue weighted by molar-refractivity contribution is 0.0697. The van der Waals surface area contributed by atoms with Crippen molar-refractivity contribution in [1.29, 1.82) is 0 Å². The van der Waals surface area contributed by atoms with E-state index in [1.807, 2.05) is 28.9 Å². The average Bonchev–Trinajstić information content (AvgIpc) is 3.10. The number of hydrogen-bond donors (Lipinski definition) is 1. The van der Waals surface area contributed by atoms with Gasteiger partial charge in [0, 0.05) is 17.7 Å². The van der Waals surface area contributed by atoms with Crippen molar-refractivity contribution in [2.75, 3.05) is 14.2 Å². The van der Waals surface area contributed by atoms with Crippen molar-refractivity contribution < 1.29 is 19.4 Å². The summed E-state index contributed by atoms with van der Waals surface area (Å²) in [6.45, 7) is 5.01. The van der Waals surface area contributed by atoms with E-state index in [-0.39, 0.29) is 5.56 Å². The van der Waals surface area contributed by atoms with Crippen LogP contribution >= 0.6 is 0 Å². The maximum atomic E-state index is 11.1. The first-order valence-electron chi connectivity index (χ1n) is 9.07. The molecule has 0 fully saturated rings. The predicted molar refractivity (Wildman–Crippen MR) is 108 cm³/mol.